The Morgan fingerprint density at radius 3 is 2.78 bits per heavy atom. The van der Waals surface area contributed by atoms with Crippen LogP contribution in [0.5, 0.6) is 0 Å². The van der Waals surface area contributed by atoms with Crippen molar-refractivity contribution < 1.29 is 0 Å². The molecule has 2 aliphatic rings. The minimum Gasteiger partial charge on any atom is -0.355 e. The highest BCUT2D eigenvalue weighted by Crippen LogP contribution is 2.40. The molecular weight excluding hydrogens is 401 g/mol. The van der Waals surface area contributed by atoms with E-state index >= 15 is 0 Å². The minimum absolute atomic E-state index is 0. The second kappa shape index (κ2) is 9.49. The van der Waals surface area contributed by atoms with Gasteiger partial charge in [-0.15, -0.1) is 24.0 Å². The zero-order valence-electron chi connectivity index (χ0n) is 14.1. The highest BCUT2D eigenvalue weighted by atomic mass is 127. The summed E-state index contributed by atoms with van der Waals surface area (Å²) in [6.45, 7) is 1.78. The third-order valence-corrected chi connectivity index (χ3v) is 5.33. The van der Waals surface area contributed by atoms with E-state index in [9.17, 15) is 0 Å². The third kappa shape index (κ3) is 5.36. The van der Waals surface area contributed by atoms with Crippen LogP contribution in [0.15, 0.2) is 23.7 Å². The van der Waals surface area contributed by atoms with Gasteiger partial charge in [0.2, 0.25) is 0 Å². The zero-order valence-corrected chi connectivity index (χ0v) is 16.4. The van der Waals surface area contributed by atoms with Gasteiger partial charge in [-0.2, -0.15) is 0 Å². The molecular formula is C17H30IN5. The lowest BCUT2D eigenvalue weighted by Gasteiger charge is -2.39. The van der Waals surface area contributed by atoms with E-state index in [0.29, 0.717) is 6.04 Å². The zero-order chi connectivity index (χ0) is 15.2. The van der Waals surface area contributed by atoms with Gasteiger partial charge in [0.25, 0.3) is 0 Å². The molecule has 1 heterocycles. The molecule has 2 saturated carbocycles. The van der Waals surface area contributed by atoms with Crippen molar-refractivity contribution >= 4 is 29.9 Å². The summed E-state index contributed by atoms with van der Waals surface area (Å²) in [4.78, 5) is 8.44. The Morgan fingerprint density at radius 2 is 2.04 bits per heavy atom. The number of guanidine groups is 1. The number of hydrogen-bond acceptors (Lipinski definition) is 2. The van der Waals surface area contributed by atoms with E-state index in [1.165, 1.54) is 44.9 Å². The first-order valence-corrected chi connectivity index (χ1v) is 8.78. The van der Waals surface area contributed by atoms with E-state index in [1.807, 2.05) is 25.8 Å². The Morgan fingerprint density at radius 1 is 1.22 bits per heavy atom. The number of halogens is 1. The largest absolute Gasteiger partial charge is 0.355 e. The van der Waals surface area contributed by atoms with Gasteiger partial charge < -0.3 is 15.2 Å². The smallest absolute Gasteiger partial charge is 0.191 e. The van der Waals surface area contributed by atoms with E-state index in [1.54, 1.807) is 0 Å². The Bertz CT molecular complexity index is 473. The van der Waals surface area contributed by atoms with Crippen LogP contribution in [-0.4, -0.2) is 35.1 Å². The van der Waals surface area contributed by atoms with E-state index in [0.717, 1.165) is 30.9 Å². The number of imidazole rings is 1. The number of hydrogen-bond donors (Lipinski definition) is 2. The van der Waals surface area contributed by atoms with Crippen LogP contribution in [-0.2, 0) is 6.54 Å². The Hall–Kier alpha value is -0.790. The van der Waals surface area contributed by atoms with Crippen LogP contribution in [0.4, 0.5) is 0 Å². The van der Waals surface area contributed by atoms with Crippen molar-refractivity contribution in [2.24, 2.45) is 16.8 Å². The molecule has 0 aromatic carbocycles. The number of nitrogens with one attached hydrogen (secondary N) is 2. The van der Waals surface area contributed by atoms with Gasteiger partial charge in [0.1, 0.15) is 0 Å². The van der Waals surface area contributed by atoms with E-state index < -0.39 is 0 Å². The molecule has 0 amide bonds. The standard InChI is InChI=1S/C17H29N5.HI/c1-18-17(20-9-11-22-10-8-19-13-22)21-16-7-6-14-4-2-3-5-15(14)12-16;/h8,10,13-16H,2-7,9,11-12H2,1H3,(H2,18,20,21);1H. The molecule has 23 heavy (non-hydrogen) atoms. The Labute approximate surface area is 156 Å². The summed E-state index contributed by atoms with van der Waals surface area (Å²) in [6, 6.07) is 0.596. The summed E-state index contributed by atoms with van der Waals surface area (Å²) in [5.74, 6) is 2.89. The van der Waals surface area contributed by atoms with Crippen molar-refractivity contribution in [1.82, 2.24) is 20.2 Å². The summed E-state index contributed by atoms with van der Waals surface area (Å²) in [7, 11) is 1.86. The number of rotatable bonds is 4. The summed E-state index contributed by atoms with van der Waals surface area (Å²) >= 11 is 0. The fourth-order valence-electron chi connectivity index (χ4n) is 4.11. The molecule has 3 rings (SSSR count). The summed E-state index contributed by atoms with van der Waals surface area (Å²) in [5, 5.41) is 7.05. The maximum absolute atomic E-state index is 4.37. The fourth-order valence-corrected chi connectivity index (χ4v) is 4.11. The average Bonchev–Trinajstić information content (AvgIpc) is 3.07. The lowest BCUT2D eigenvalue weighted by molar-refractivity contribution is 0.150. The van der Waals surface area contributed by atoms with Gasteiger partial charge in [0.05, 0.1) is 6.33 Å². The van der Waals surface area contributed by atoms with Crippen LogP contribution in [0, 0.1) is 11.8 Å². The molecule has 5 nitrogen and oxygen atoms in total. The monoisotopic (exact) mass is 431 g/mol. The molecule has 1 aromatic heterocycles. The van der Waals surface area contributed by atoms with Gasteiger partial charge >= 0.3 is 0 Å². The number of aliphatic imine (C=N–C) groups is 1. The molecule has 1 aromatic rings. The number of fused-ring (bicyclic) bond motifs is 1. The molecule has 2 aliphatic carbocycles. The molecule has 0 spiro atoms. The highest BCUT2D eigenvalue weighted by Gasteiger charge is 2.32. The van der Waals surface area contributed by atoms with Gasteiger partial charge in [-0.3, -0.25) is 4.99 Å². The minimum atomic E-state index is 0. The molecule has 3 atom stereocenters. The first-order chi connectivity index (χ1) is 10.8. The fraction of sp³-hybridized carbons (Fsp3) is 0.765. The van der Waals surface area contributed by atoms with Gasteiger partial charge in [0, 0.05) is 38.6 Å². The van der Waals surface area contributed by atoms with Gasteiger partial charge in [-0.25, -0.2) is 4.98 Å². The van der Waals surface area contributed by atoms with Crippen molar-refractivity contribution in [3.8, 4) is 0 Å². The molecule has 0 radical (unpaired) electrons. The molecule has 130 valence electrons. The van der Waals surface area contributed by atoms with Crippen molar-refractivity contribution in [2.75, 3.05) is 13.6 Å². The highest BCUT2D eigenvalue weighted by molar-refractivity contribution is 14.0. The van der Waals surface area contributed by atoms with Crippen molar-refractivity contribution in [2.45, 2.75) is 57.5 Å². The number of aromatic nitrogens is 2. The molecule has 2 N–H and O–H groups in total. The van der Waals surface area contributed by atoms with Gasteiger partial charge in [-0.05, 0) is 31.1 Å². The van der Waals surface area contributed by atoms with Crippen LogP contribution >= 0.6 is 24.0 Å². The summed E-state index contributed by atoms with van der Waals surface area (Å²) < 4.78 is 2.08. The molecule has 0 bridgehead atoms. The molecule has 3 unspecified atom stereocenters. The van der Waals surface area contributed by atoms with Crippen LogP contribution in [0.25, 0.3) is 0 Å². The second-order valence-corrected chi connectivity index (χ2v) is 6.76. The summed E-state index contributed by atoms with van der Waals surface area (Å²) in [5.41, 5.74) is 0. The van der Waals surface area contributed by atoms with Crippen molar-refractivity contribution in [1.29, 1.82) is 0 Å². The van der Waals surface area contributed by atoms with E-state index in [4.69, 9.17) is 0 Å². The lowest BCUT2D eigenvalue weighted by atomic mass is 9.69. The number of nitrogens with zero attached hydrogens (tertiary/aromatic N) is 3. The normalized spacial score (nSPS) is 27.7. The van der Waals surface area contributed by atoms with Gasteiger partial charge in [0.15, 0.2) is 5.96 Å². The van der Waals surface area contributed by atoms with Crippen molar-refractivity contribution in [3.05, 3.63) is 18.7 Å². The average molecular weight is 431 g/mol. The Balaban J connectivity index is 0.00000192. The van der Waals surface area contributed by atoms with Crippen LogP contribution in [0.3, 0.4) is 0 Å². The molecule has 0 aliphatic heterocycles. The Kier molecular flexibility index (Phi) is 7.65. The maximum Gasteiger partial charge on any atom is 0.191 e. The van der Waals surface area contributed by atoms with E-state index in [2.05, 4.69) is 25.2 Å². The van der Waals surface area contributed by atoms with Crippen LogP contribution in [0.1, 0.15) is 44.9 Å². The van der Waals surface area contributed by atoms with Gasteiger partial charge in [-0.1, -0.05) is 25.7 Å². The summed E-state index contributed by atoms with van der Waals surface area (Å²) in [6.07, 6.45) is 15.5. The SMILES string of the molecule is CN=C(NCCn1ccnc1)NC1CCC2CCCCC2C1.I. The molecule has 0 saturated heterocycles. The van der Waals surface area contributed by atoms with Crippen LogP contribution < -0.4 is 10.6 Å². The predicted molar refractivity (Wildman–Crippen MR) is 105 cm³/mol. The molecule has 6 heteroatoms. The first-order valence-electron chi connectivity index (χ1n) is 8.78. The second-order valence-electron chi connectivity index (χ2n) is 6.76. The third-order valence-electron chi connectivity index (χ3n) is 5.33. The molecule has 2 fully saturated rings. The maximum atomic E-state index is 4.37. The van der Waals surface area contributed by atoms with E-state index in [-0.39, 0.29) is 24.0 Å². The topological polar surface area (TPSA) is 54.2 Å². The quantitative estimate of drug-likeness (QED) is 0.438. The van der Waals surface area contributed by atoms with Crippen molar-refractivity contribution in [3.63, 3.8) is 0 Å². The first kappa shape index (κ1) is 18.5. The predicted octanol–water partition coefficient (Wildman–Crippen LogP) is 3.03. The van der Waals surface area contributed by atoms with Crippen LogP contribution in [0.2, 0.25) is 0 Å². The lowest BCUT2D eigenvalue weighted by Crippen LogP contribution is -2.47.